The highest BCUT2D eigenvalue weighted by atomic mass is 16.5. The number of aromatic nitrogens is 1. The highest BCUT2D eigenvalue weighted by Gasteiger charge is 2.17. The number of benzene rings is 2. The highest BCUT2D eigenvalue weighted by molar-refractivity contribution is 5.93. The first-order valence-corrected chi connectivity index (χ1v) is 8.07. The van der Waals surface area contributed by atoms with Crippen LogP contribution >= 0.6 is 0 Å². The third-order valence-corrected chi connectivity index (χ3v) is 3.86. The van der Waals surface area contributed by atoms with E-state index in [-0.39, 0.29) is 11.6 Å². The number of carbonyl (C=O) groups is 2. The van der Waals surface area contributed by atoms with Crippen LogP contribution in [0, 0.1) is 6.92 Å². The summed E-state index contributed by atoms with van der Waals surface area (Å²) in [4.78, 5) is 28.1. The van der Waals surface area contributed by atoms with Crippen molar-refractivity contribution in [2.75, 3.05) is 7.11 Å². The van der Waals surface area contributed by atoms with Crippen LogP contribution in [0.3, 0.4) is 0 Å². The largest absolute Gasteiger partial charge is 0.465 e. The topological polar surface area (TPSA) is 81.4 Å². The molecule has 0 spiro atoms. The monoisotopic (exact) mass is 350 g/mol. The van der Waals surface area contributed by atoms with Crippen molar-refractivity contribution >= 4 is 11.9 Å². The zero-order valence-corrected chi connectivity index (χ0v) is 14.5. The lowest BCUT2D eigenvalue weighted by Gasteiger charge is -2.05. The molecule has 3 rings (SSSR count). The molecule has 0 aliphatic heterocycles. The summed E-state index contributed by atoms with van der Waals surface area (Å²) in [5, 5.41) is 2.81. The molecule has 0 aliphatic rings. The minimum atomic E-state index is -0.396. The van der Waals surface area contributed by atoms with Gasteiger partial charge in [-0.05, 0) is 36.8 Å². The van der Waals surface area contributed by atoms with Gasteiger partial charge in [-0.3, -0.25) is 4.79 Å². The Kier molecular flexibility index (Phi) is 5.12. The van der Waals surface area contributed by atoms with Crippen molar-refractivity contribution in [2.45, 2.75) is 13.5 Å². The Balaban J connectivity index is 1.67. The number of rotatable bonds is 5. The van der Waals surface area contributed by atoms with Crippen molar-refractivity contribution in [3.8, 4) is 11.5 Å². The number of hydrogen-bond acceptors (Lipinski definition) is 5. The molecule has 0 radical (unpaired) electrons. The summed E-state index contributed by atoms with van der Waals surface area (Å²) in [6.07, 6.45) is 0. The Bertz CT molecular complexity index is 915. The zero-order chi connectivity index (χ0) is 18.5. The number of esters is 1. The normalized spacial score (nSPS) is 10.4. The molecule has 1 N–H and O–H groups in total. The first-order valence-electron chi connectivity index (χ1n) is 8.07. The van der Waals surface area contributed by atoms with Crippen LogP contribution in [0.15, 0.2) is 59.0 Å². The maximum Gasteiger partial charge on any atom is 0.337 e. The van der Waals surface area contributed by atoms with Crippen LogP contribution in [-0.2, 0) is 11.3 Å². The molecule has 0 saturated heterocycles. The number of ether oxygens (including phenoxy) is 1. The summed E-state index contributed by atoms with van der Waals surface area (Å²) in [6.45, 7) is 2.02. The summed E-state index contributed by atoms with van der Waals surface area (Å²) in [5.41, 5.74) is 2.39. The summed E-state index contributed by atoms with van der Waals surface area (Å²) in [6, 6.07) is 16.2. The number of nitrogens with one attached hydrogen (secondary N) is 1. The SMILES string of the molecule is COC(=O)c1ccc(CNC(=O)c2nc(-c3ccccc3)oc2C)cc1. The van der Waals surface area contributed by atoms with Gasteiger partial charge in [0.05, 0.1) is 12.7 Å². The van der Waals surface area contributed by atoms with E-state index in [4.69, 9.17) is 4.42 Å². The molecule has 0 aliphatic carbocycles. The van der Waals surface area contributed by atoms with Gasteiger partial charge >= 0.3 is 5.97 Å². The minimum Gasteiger partial charge on any atom is -0.465 e. The lowest BCUT2D eigenvalue weighted by atomic mass is 10.1. The van der Waals surface area contributed by atoms with E-state index in [1.54, 1.807) is 31.2 Å². The number of nitrogens with zero attached hydrogens (tertiary/aromatic N) is 1. The Morgan fingerprint density at radius 3 is 2.42 bits per heavy atom. The molecular formula is C20H18N2O4. The number of hydrogen-bond donors (Lipinski definition) is 1. The first-order chi connectivity index (χ1) is 12.6. The van der Waals surface area contributed by atoms with E-state index in [1.807, 2.05) is 30.3 Å². The summed E-state index contributed by atoms with van der Waals surface area (Å²) in [7, 11) is 1.33. The molecule has 26 heavy (non-hydrogen) atoms. The maximum atomic E-state index is 12.4. The van der Waals surface area contributed by atoms with Crippen LogP contribution in [0.5, 0.6) is 0 Å². The highest BCUT2D eigenvalue weighted by Crippen LogP contribution is 2.21. The van der Waals surface area contributed by atoms with Gasteiger partial charge in [-0.1, -0.05) is 30.3 Å². The molecule has 1 heterocycles. The van der Waals surface area contributed by atoms with Gasteiger partial charge in [0.2, 0.25) is 5.89 Å². The van der Waals surface area contributed by atoms with E-state index in [9.17, 15) is 9.59 Å². The fourth-order valence-corrected chi connectivity index (χ4v) is 2.45. The average molecular weight is 350 g/mol. The minimum absolute atomic E-state index is 0.259. The van der Waals surface area contributed by atoms with Gasteiger partial charge in [-0.25, -0.2) is 9.78 Å². The summed E-state index contributed by atoms with van der Waals surface area (Å²) in [5.74, 6) is 0.163. The summed E-state index contributed by atoms with van der Waals surface area (Å²) < 4.78 is 10.3. The van der Waals surface area contributed by atoms with E-state index in [0.29, 0.717) is 23.8 Å². The Morgan fingerprint density at radius 1 is 1.08 bits per heavy atom. The maximum absolute atomic E-state index is 12.4. The quantitative estimate of drug-likeness (QED) is 0.714. The van der Waals surface area contributed by atoms with Crippen LogP contribution in [0.1, 0.15) is 32.2 Å². The second-order valence-corrected chi connectivity index (χ2v) is 5.66. The third kappa shape index (κ3) is 3.80. The van der Waals surface area contributed by atoms with Crippen molar-refractivity contribution in [1.82, 2.24) is 10.3 Å². The molecule has 6 nitrogen and oxygen atoms in total. The molecule has 1 amide bonds. The molecule has 2 aromatic carbocycles. The van der Waals surface area contributed by atoms with Crippen molar-refractivity contribution in [3.05, 3.63) is 77.2 Å². The number of carbonyl (C=O) groups excluding carboxylic acids is 2. The number of methoxy groups -OCH3 is 1. The van der Waals surface area contributed by atoms with E-state index < -0.39 is 5.97 Å². The van der Waals surface area contributed by atoms with Gasteiger partial charge in [0.25, 0.3) is 5.91 Å². The molecule has 0 atom stereocenters. The average Bonchev–Trinajstić information content (AvgIpc) is 3.08. The van der Waals surface area contributed by atoms with Crippen LogP contribution in [0.25, 0.3) is 11.5 Å². The molecular weight excluding hydrogens is 332 g/mol. The van der Waals surface area contributed by atoms with Crippen molar-refractivity contribution in [3.63, 3.8) is 0 Å². The lowest BCUT2D eigenvalue weighted by molar-refractivity contribution is 0.0600. The summed E-state index contributed by atoms with van der Waals surface area (Å²) >= 11 is 0. The van der Waals surface area contributed by atoms with Crippen molar-refractivity contribution in [2.24, 2.45) is 0 Å². The van der Waals surface area contributed by atoms with E-state index in [0.717, 1.165) is 11.1 Å². The van der Waals surface area contributed by atoms with E-state index in [2.05, 4.69) is 15.0 Å². The van der Waals surface area contributed by atoms with Crippen molar-refractivity contribution < 1.29 is 18.7 Å². The molecule has 0 saturated carbocycles. The van der Waals surface area contributed by atoms with Gasteiger partial charge < -0.3 is 14.5 Å². The first kappa shape index (κ1) is 17.4. The smallest absolute Gasteiger partial charge is 0.337 e. The van der Waals surface area contributed by atoms with Crippen LogP contribution < -0.4 is 5.32 Å². The molecule has 0 fully saturated rings. The van der Waals surface area contributed by atoms with Crippen LogP contribution in [0.4, 0.5) is 0 Å². The van der Waals surface area contributed by atoms with E-state index in [1.165, 1.54) is 7.11 Å². The molecule has 6 heteroatoms. The Hall–Kier alpha value is -3.41. The number of amides is 1. The number of oxazole rings is 1. The van der Waals surface area contributed by atoms with Crippen LogP contribution in [-0.4, -0.2) is 24.0 Å². The standard InChI is InChI=1S/C20H18N2O4/c1-13-17(22-19(26-13)15-6-4-3-5-7-15)18(23)21-12-14-8-10-16(11-9-14)20(24)25-2/h3-11H,12H2,1-2H3,(H,21,23). The van der Waals surface area contributed by atoms with Gasteiger partial charge in [0.1, 0.15) is 5.76 Å². The zero-order valence-electron chi connectivity index (χ0n) is 14.5. The molecule has 0 bridgehead atoms. The second kappa shape index (κ2) is 7.65. The molecule has 1 aromatic heterocycles. The lowest BCUT2D eigenvalue weighted by Crippen LogP contribution is -2.23. The fourth-order valence-electron chi connectivity index (χ4n) is 2.45. The van der Waals surface area contributed by atoms with Gasteiger partial charge in [-0.15, -0.1) is 0 Å². The van der Waals surface area contributed by atoms with Crippen LogP contribution in [0.2, 0.25) is 0 Å². The predicted octanol–water partition coefficient (Wildman–Crippen LogP) is 3.37. The molecule has 0 unspecified atom stereocenters. The fraction of sp³-hybridized carbons (Fsp3) is 0.150. The molecule has 3 aromatic rings. The van der Waals surface area contributed by atoms with E-state index >= 15 is 0 Å². The Morgan fingerprint density at radius 2 is 1.77 bits per heavy atom. The van der Waals surface area contributed by atoms with Gasteiger partial charge in [-0.2, -0.15) is 0 Å². The van der Waals surface area contributed by atoms with Gasteiger partial charge in [0, 0.05) is 12.1 Å². The number of aryl methyl sites for hydroxylation is 1. The predicted molar refractivity (Wildman–Crippen MR) is 95.6 cm³/mol. The Labute approximate surface area is 150 Å². The second-order valence-electron chi connectivity index (χ2n) is 5.66. The third-order valence-electron chi connectivity index (χ3n) is 3.86. The molecule has 132 valence electrons. The van der Waals surface area contributed by atoms with Gasteiger partial charge in [0.15, 0.2) is 5.69 Å². The van der Waals surface area contributed by atoms with Crippen molar-refractivity contribution in [1.29, 1.82) is 0 Å².